The van der Waals surface area contributed by atoms with Gasteiger partial charge in [-0.2, -0.15) is 5.26 Å². The van der Waals surface area contributed by atoms with Gasteiger partial charge in [0.15, 0.2) is 5.78 Å². The lowest BCUT2D eigenvalue weighted by molar-refractivity contribution is -0.116. The summed E-state index contributed by atoms with van der Waals surface area (Å²) < 4.78 is 6.05. The van der Waals surface area contributed by atoms with Crippen molar-refractivity contribution in [1.82, 2.24) is 0 Å². The summed E-state index contributed by atoms with van der Waals surface area (Å²) in [5.74, 6) is -0.0294. The molecular weight excluding hydrogens is 408 g/mol. The highest BCUT2D eigenvalue weighted by Gasteiger charge is 2.42. The molecule has 158 valence electrons. The second kappa shape index (κ2) is 8.69. The van der Waals surface area contributed by atoms with E-state index >= 15 is 0 Å². The van der Waals surface area contributed by atoms with Crippen LogP contribution in [0.5, 0.6) is 5.75 Å². The van der Waals surface area contributed by atoms with Gasteiger partial charge in [-0.3, -0.25) is 9.79 Å². The number of benzene rings is 2. The molecule has 4 rings (SSSR count). The van der Waals surface area contributed by atoms with E-state index in [9.17, 15) is 10.1 Å². The monoisotopic (exact) mass is 432 g/mol. The average Bonchev–Trinajstić information content (AvgIpc) is 2.73. The van der Waals surface area contributed by atoms with Crippen molar-refractivity contribution in [1.29, 1.82) is 5.26 Å². The Hall–Kier alpha value is -2.90. The number of Topliss-reactive ketones (excluding diaryl/α,β-unsaturated/α-hetero) is 1. The van der Waals surface area contributed by atoms with E-state index in [0.717, 1.165) is 28.3 Å². The number of nitriles is 1. The Kier molecular flexibility index (Phi) is 5.98. The Morgan fingerprint density at radius 1 is 1.13 bits per heavy atom. The molecule has 0 N–H and O–H groups in total. The molecule has 1 aliphatic heterocycles. The molecule has 2 aromatic rings. The van der Waals surface area contributed by atoms with Crippen molar-refractivity contribution < 1.29 is 9.53 Å². The summed E-state index contributed by atoms with van der Waals surface area (Å²) in [5.41, 5.74) is 4.17. The molecule has 31 heavy (non-hydrogen) atoms. The molecule has 0 saturated heterocycles. The van der Waals surface area contributed by atoms with Crippen LogP contribution in [-0.2, 0) is 4.79 Å². The molecule has 0 spiro atoms. The molecule has 1 unspecified atom stereocenters. The van der Waals surface area contributed by atoms with E-state index in [1.807, 2.05) is 69.3 Å². The third-order valence-electron chi connectivity index (χ3n) is 5.99. The van der Waals surface area contributed by atoms with Crippen LogP contribution in [0.3, 0.4) is 0 Å². The van der Waals surface area contributed by atoms with Gasteiger partial charge >= 0.3 is 0 Å². The van der Waals surface area contributed by atoms with E-state index in [4.69, 9.17) is 21.3 Å². The Bertz CT molecular complexity index is 1110. The second-order valence-corrected chi connectivity index (χ2v) is 8.92. The van der Waals surface area contributed by atoms with Gasteiger partial charge in [-0.15, -0.1) is 0 Å². The van der Waals surface area contributed by atoms with E-state index in [2.05, 4.69) is 6.07 Å². The highest BCUT2D eigenvalue weighted by molar-refractivity contribution is 6.30. The van der Waals surface area contributed by atoms with Gasteiger partial charge in [0.1, 0.15) is 5.75 Å². The summed E-state index contributed by atoms with van der Waals surface area (Å²) in [7, 11) is 0. The van der Waals surface area contributed by atoms with Crippen LogP contribution in [0, 0.1) is 17.2 Å². The van der Waals surface area contributed by atoms with Crippen molar-refractivity contribution in [2.45, 2.75) is 51.6 Å². The lowest BCUT2D eigenvalue weighted by atomic mass is 9.69. The molecule has 2 aliphatic rings. The largest absolute Gasteiger partial charge is 0.491 e. The van der Waals surface area contributed by atoms with Crippen molar-refractivity contribution in [2.75, 3.05) is 0 Å². The number of ketones is 1. The first-order valence-corrected chi connectivity index (χ1v) is 11.0. The van der Waals surface area contributed by atoms with Gasteiger partial charge in [0.25, 0.3) is 0 Å². The zero-order chi connectivity index (χ0) is 22.1. The summed E-state index contributed by atoms with van der Waals surface area (Å²) >= 11 is 6.04. The van der Waals surface area contributed by atoms with E-state index in [1.165, 1.54) is 0 Å². The molecule has 0 fully saturated rings. The molecule has 0 bridgehead atoms. The smallest absolute Gasteiger partial charge is 0.161 e. The molecular formula is C26H25ClN2O2. The summed E-state index contributed by atoms with van der Waals surface area (Å²) in [4.78, 5) is 18.2. The maximum atomic E-state index is 13.5. The fourth-order valence-corrected chi connectivity index (χ4v) is 4.76. The van der Waals surface area contributed by atoms with Gasteiger partial charge in [0.05, 0.1) is 18.1 Å². The number of halogens is 1. The molecule has 0 aromatic heterocycles. The number of carbonyl (C=O) groups excluding carboxylic acids is 1. The molecule has 3 atom stereocenters. The summed E-state index contributed by atoms with van der Waals surface area (Å²) in [6.07, 6.45) is 1.06. The lowest BCUT2D eigenvalue weighted by Gasteiger charge is -2.35. The lowest BCUT2D eigenvalue weighted by Crippen LogP contribution is -2.32. The van der Waals surface area contributed by atoms with Crippen LogP contribution in [0.4, 0.5) is 0 Å². The SMILES string of the molecule is CC1=NC2=C(C(=O)C[C@H](c3ccc(Cl)cc3)C2)[C@@H](c2ccccc2OC(C)C)C1C#N. The van der Waals surface area contributed by atoms with Gasteiger partial charge in [0, 0.05) is 39.9 Å². The Labute approximate surface area is 188 Å². The van der Waals surface area contributed by atoms with Crippen LogP contribution >= 0.6 is 11.6 Å². The zero-order valence-electron chi connectivity index (χ0n) is 17.9. The van der Waals surface area contributed by atoms with Crippen LogP contribution in [0.2, 0.25) is 5.02 Å². The van der Waals surface area contributed by atoms with Crippen LogP contribution < -0.4 is 4.74 Å². The number of para-hydroxylation sites is 1. The molecule has 1 aliphatic carbocycles. The average molecular weight is 433 g/mol. The minimum atomic E-state index is -0.494. The highest BCUT2D eigenvalue weighted by Crippen LogP contribution is 2.48. The fraction of sp³-hybridized carbons (Fsp3) is 0.346. The zero-order valence-corrected chi connectivity index (χ0v) is 18.7. The van der Waals surface area contributed by atoms with Gasteiger partial charge < -0.3 is 4.74 Å². The molecule has 2 aromatic carbocycles. The van der Waals surface area contributed by atoms with Gasteiger partial charge in [0.2, 0.25) is 0 Å². The normalized spacial score (nSPS) is 23.3. The molecule has 0 amide bonds. The highest BCUT2D eigenvalue weighted by atomic mass is 35.5. The fourth-order valence-electron chi connectivity index (χ4n) is 4.63. The van der Waals surface area contributed by atoms with E-state index in [1.54, 1.807) is 0 Å². The van der Waals surface area contributed by atoms with E-state index in [0.29, 0.717) is 23.4 Å². The van der Waals surface area contributed by atoms with Crippen LogP contribution in [-0.4, -0.2) is 17.6 Å². The second-order valence-electron chi connectivity index (χ2n) is 8.48. The quantitative estimate of drug-likeness (QED) is 0.575. The van der Waals surface area contributed by atoms with Gasteiger partial charge in [-0.1, -0.05) is 41.9 Å². The Morgan fingerprint density at radius 3 is 2.52 bits per heavy atom. The van der Waals surface area contributed by atoms with E-state index < -0.39 is 5.92 Å². The number of ether oxygens (including phenoxy) is 1. The minimum Gasteiger partial charge on any atom is -0.491 e. The minimum absolute atomic E-state index is 0.00941. The number of aliphatic imine (C=N–C) groups is 1. The van der Waals surface area contributed by atoms with Crippen LogP contribution in [0.25, 0.3) is 0 Å². The number of hydrogen-bond acceptors (Lipinski definition) is 4. The number of rotatable bonds is 4. The Balaban J connectivity index is 1.80. The summed E-state index contributed by atoms with van der Waals surface area (Å²) in [6, 6.07) is 17.8. The number of carbonyl (C=O) groups is 1. The van der Waals surface area contributed by atoms with Crippen molar-refractivity contribution >= 4 is 23.1 Å². The molecule has 5 heteroatoms. The molecule has 0 radical (unpaired) electrons. The van der Waals surface area contributed by atoms with Crippen molar-refractivity contribution in [3.63, 3.8) is 0 Å². The third kappa shape index (κ3) is 4.16. The van der Waals surface area contributed by atoms with Gasteiger partial charge in [-0.25, -0.2) is 0 Å². The Morgan fingerprint density at radius 2 is 1.84 bits per heavy atom. The molecule has 4 nitrogen and oxygen atoms in total. The number of hydrogen-bond donors (Lipinski definition) is 0. The number of allylic oxidation sites excluding steroid dienone is 2. The predicted octanol–water partition coefficient (Wildman–Crippen LogP) is 6.23. The van der Waals surface area contributed by atoms with Crippen molar-refractivity contribution in [3.8, 4) is 11.8 Å². The van der Waals surface area contributed by atoms with Crippen molar-refractivity contribution in [2.24, 2.45) is 10.9 Å². The topological polar surface area (TPSA) is 62.4 Å². The van der Waals surface area contributed by atoms with E-state index in [-0.39, 0.29) is 23.7 Å². The first-order chi connectivity index (χ1) is 14.9. The third-order valence-corrected chi connectivity index (χ3v) is 6.24. The summed E-state index contributed by atoms with van der Waals surface area (Å²) in [6.45, 7) is 5.82. The first-order valence-electron chi connectivity index (χ1n) is 10.6. The van der Waals surface area contributed by atoms with Crippen molar-refractivity contribution in [3.05, 3.63) is 76.0 Å². The van der Waals surface area contributed by atoms with Crippen LogP contribution in [0.15, 0.2) is 64.8 Å². The number of nitrogens with zero attached hydrogens (tertiary/aromatic N) is 2. The first kappa shape index (κ1) is 21.3. The van der Waals surface area contributed by atoms with Gasteiger partial charge in [-0.05, 0) is 56.9 Å². The predicted molar refractivity (Wildman–Crippen MR) is 123 cm³/mol. The maximum Gasteiger partial charge on any atom is 0.161 e. The standard InChI is InChI=1S/C26H25ClN2O2/c1-15(2)31-24-7-5-4-6-20(24)25-21(14-28)16(3)29-22-12-18(13-23(30)26(22)25)17-8-10-19(27)11-9-17/h4-11,15,18,21,25H,12-13H2,1-3H3/t18-,21?,25+/m1/s1. The molecule has 0 saturated carbocycles. The summed E-state index contributed by atoms with van der Waals surface area (Å²) in [5, 5.41) is 10.7. The van der Waals surface area contributed by atoms with Crippen LogP contribution in [0.1, 0.15) is 56.6 Å². The molecule has 1 heterocycles. The maximum absolute atomic E-state index is 13.5.